The molecule has 1 saturated carbocycles. The van der Waals surface area contributed by atoms with Crippen LogP contribution in [0.25, 0.3) is 0 Å². The van der Waals surface area contributed by atoms with Gasteiger partial charge in [-0.3, -0.25) is 4.79 Å². The molecule has 4 N–H and O–H groups in total. The van der Waals surface area contributed by atoms with Crippen molar-refractivity contribution in [2.45, 2.75) is 18.9 Å². The summed E-state index contributed by atoms with van der Waals surface area (Å²) in [6.45, 7) is 0.142. The molecule has 1 fully saturated rings. The largest absolute Gasteiger partial charge is 0.396 e. The molecule has 4 heteroatoms. The van der Waals surface area contributed by atoms with Crippen LogP contribution in [0.15, 0.2) is 24.3 Å². The smallest absolute Gasteiger partial charge is 0.229 e. The first-order chi connectivity index (χ1) is 7.70. The number of amides is 1. The van der Waals surface area contributed by atoms with Crippen molar-refractivity contribution in [3.8, 4) is 0 Å². The van der Waals surface area contributed by atoms with Crippen LogP contribution in [0.2, 0.25) is 0 Å². The number of hydrogen-bond acceptors (Lipinski definition) is 3. The highest BCUT2D eigenvalue weighted by Gasteiger charge is 2.39. The molecule has 1 aliphatic carbocycles. The van der Waals surface area contributed by atoms with E-state index in [1.165, 1.54) is 0 Å². The van der Waals surface area contributed by atoms with Gasteiger partial charge in [0.25, 0.3) is 0 Å². The van der Waals surface area contributed by atoms with Crippen LogP contribution in [0.1, 0.15) is 12.0 Å². The van der Waals surface area contributed by atoms with Gasteiger partial charge in [0.15, 0.2) is 0 Å². The maximum Gasteiger partial charge on any atom is 0.229 e. The maximum absolute atomic E-state index is 11.6. The van der Waals surface area contributed by atoms with E-state index in [9.17, 15) is 4.79 Å². The third-order valence-corrected chi connectivity index (χ3v) is 2.80. The monoisotopic (exact) mass is 220 g/mol. The molecule has 1 aromatic carbocycles. The molecule has 0 aliphatic heterocycles. The van der Waals surface area contributed by atoms with Gasteiger partial charge in [-0.05, 0) is 30.5 Å². The molecule has 4 nitrogen and oxygen atoms in total. The van der Waals surface area contributed by atoms with Crippen LogP contribution in [-0.4, -0.2) is 23.7 Å². The van der Waals surface area contributed by atoms with Gasteiger partial charge in [0, 0.05) is 18.3 Å². The molecule has 0 spiro atoms. The fraction of sp³-hybridized carbons (Fsp3) is 0.417. The number of anilines is 1. The number of hydrogen-bond donors (Lipinski definition) is 3. The lowest BCUT2D eigenvalue weighted by molar-refractivity contribution is -0.117. The van der Waals surface area contributed by atoms with Crippen molar-refractivity contribution in [1.29, 1.82) is 0 Å². The Morgan fingerprint density at radius 2 is 2.06 bits per heavy atom. The van der Waals surface area contributed by atoms with Crippen molar-refractivity contribution in [3.63, 3.8) is 0 Å². The second-order valence-corrected chi connectivity index (χ2v) is 4.17. The summed E-state index contributed by atoms with van der Waals surface area (Å²) >= 11 is 0. The molecule has 1 aromatic rings. The minimum atomic E-state index is -0.0166. The first kappa shape index (κ1) is 11.1. The van der Waals surface area contributed by atoms with Crippen LogP contribution in [0.4, 0.5) is 5.69 Å². The normalized spacial score (nSPS) is 22.9. The van der Waals surface area contributed by atoms with Crippen LogP contribution in [0, 0.1) is 5.92 Å². The number of benzene rings is 1. The summed E-state index contributed by atoms with van der Waals surface area (Å²) in [5.74, 6) is -0.0143. The van der Waals surface area contributed by atoms with E-state index in [-0.39, 0.29) is 24.5 Å². The van der Waals surface area contributed by atoms with Gasteiger partial charge in [-0.25, -0.2) is 0 Å². The van der Waals surface area contributed by atoms with E-state index in [1.807, 2.05) is 24.3 Å². The molecule has 0 saturated heterocycles. The van der Waals surface area contributed by atoms with Gasteiger partial charge in [0.1, 0.15) is 0 Å². The van der Waals surface area contributed by atoms with Crippen molar-refractivity contribution in [2.24, 2.45) is 11.7 Å². The molecule has 0 bridgehead atoms. The molecule has 2 atom stereocenters. The summed E-state index contributed by atoms with van der Waals surface area (Å²) in [6, 6.07) is 7.53. The fourth-order valence-corrected chi connectivity index (χ4v) is 1.63. The minimum absolute atomic E-state index is 0.00223. The number of carbonyl (C=O) groups excluding carboxylic acids is 1. The van der Waals surface area contributed by atoms with E-state index in [0.717, 1.165) is 17.7 Å². The molecule has 16 heavy (non-hydrogen) atoms. The molecular formula is C12H16N2O2. The summed E-state index contributed by atoms with van der Waals surface area (Å²) in [5.41, 5.74) is 7.44. The van der Waals surface area contributed by atoms with Gasteiger partial charge in [-0.15, -0.1) is 0 Å². The van der Waals surface area contributed by atoms with Crippen LogP contribution >= 0.6 is 0 Å². The molecule has 1 amide bonds. The van der Waals surface area contributed by atoms with Gasteiger partial charge in [0.05, 0.1) is 5.92 Å². The van der Waals surface area contributed by atoms with E-state index in [2.05, 4.69) is 5.32 Å². The minimum Gasteiger partial charge on any atom is -0.396 e. The Morgan fingerprint density at radius 3 is 2.56 bits per heavy atom. The van der Waals surface area contributed by atoms with Gasteiger partial charge >= 0.3 is 0 Å². The third-order valence-electron chi connectivity index (χ3n) is 2.80. The highest BCUT2D eigenvalue weighted by atomic mass is 16.2. The molecule has 86 valence electrons. The molecule has 2 rings (SSSR count). The van der Waals surface area contributed by atoms with Crippen molar-refractivity contribution < 1.29 is 9.90 Å². The fourth-order valence-electron chi connectivity index (χ4n) is 1.63. The van der Waals surface area contributed by atoms with E-state index < -0.39 is 0 Å². The predicted octanol–water partition coefficient (Wildman–Crippen LogP) is 0.507. The summed E-state index contributed by atoms with van der Waals surface area (Å²) in [7, 11) is 0. The first-order valence-electron chi connectivity index (χ1n) is 5.47. The van der Waals surface area contributed by atoms with Crippen molar-refractivity contribution in [3.05, 3.63) is 29.8 Å². The van der Waals surface area contributed by atoms with Crippen LogP contribution < -0.4 is 11.1 Å². The second kappa shape index (κ2) is 4.63. The third kappa shape index (κ3) is 2.59. The second-order valence-electron chi connectivity index (χ2n) is 4.17. The van der Waals surface area contributed by atoms with Crippen molar-refractivity contribution in [2.75, 3.05) is 11.9 Å². The zero-order chi connectivity index (χ0) is 11.5. The molecule has 0 heterocycles. The molecule has 0 aromatic heterocycles. The topological polar surface area (TPSA) is 75.4 Å². The molecular weight excluding hydrogens is 204 g/mol. The highest BCUT2D eigenvalue weighted by Crippen LogP contribution is 2.29. The lowest BCUT2D eigenvalue weighted by Gasteiger charge is -2.05. The predicted molar refractivity (Wildman–Crippen MR) is 61.9 cm³/mol. The van der Waals surface area contributed by atoms with E-state index in [1.54, 1.807) is 0 Å². The van der Waals surface area contributed by atoms with Crippen LogP contribution in [0.5, 0.6) is 0 Å². The average molecular weight is 220 g/mol. The number of nitrogens with two attached hydrogens (primary N) is 1. The van der Waals surface area contributed by atoms with Gasteiger partial charge in [-0.2, -0.15) is 0 Å². The van der Waals surface area contributed by atoms with E-state index in [0.29, 0.717) is 6.42 Å². The standard InChI is InChI=1S/C12H16N2O2/c13-11-7-10(11)12(16)14-9-3-1-8(2-4-9)5-6-15/h1-4,10-11,15H,5-7,13H2,(H,14,16). The Morgan fingerprint density at radius 1 is 1.44 bits per heavy atom. The number of rotatable bonds is 4. The van der Waals surface area contributed by atoms with E-state index in [4.69, 9.17) is 10.8 Å². The van der Waals surface area contributed by atoms with E-state index >= 15 is 0 Å². The molecule has 2 unspecified atom stereocenters. The van der Waals surface area contributed by atoms with Gasteiger partial charge in [0.2, 0.25) is 5.91 Å². The number of nitrogens with one attached hydrogen (secondary N) is 1. The van der Waals surface area contributed by atoms with Crippen molar-refractivity contribution in [1.82, 2.24) is 0 Å². The average Bonchev–Trinajstić information content (AvgIpc) is 2.99. The summed E-state index contributed by atoms with van der Waals surface area (Å²) in [6.07, 6.45) is 1.43. The van der Waals surface area contributed by atoms with Gasteiger partial charge < -0.3 is 16.2 Å². The Bertz CT molecular complexity index is 375. The van der Waals surface area contributed by atoms with Crippen LogP contribution in [-0.2, 0) is 11.2 Å². The maximum atomic E-state index is 11.6. The molecule has 0 radical (unpaired) electrons. The first-order valence-corrected chi connectivity index (χ1v) is 5.47. The van der Waals surface area contributed by atoms with Crippen molar-refractivity contribution >= 4 is 11.6 Å². The van der Waals surface area contributed by atoms with Gasteiger partial charge in [-0.1, -0.05) is 12.1 Å². The lowest BCUT2D eigenvalue weighted by atomic mass is 10.1. The summed E-state index contributed by atoms with van der Waals surface area (Å²) in [5, 5.41) is 11.6. The number of carbonyl (C=O) groups is 1. The zero-order valence-electron chi connectivity index (χ0n) is 9.02. The van der Waals surface area contributed by atoms with Crippen LogP contribution in [0.3, 0.4) is 0 Å². The highest BCUT2D eigenvalue weighted by molar-refractivity contribution is 5.94. The Labute approximate surface area is 94.5 Å². The number of aliphatic hydroxyl groups excluding tert-OH is 1. The SMILES string of the molecule is NC1CC1C(=O)Nc1ccc(CCO)cc1. The Kier molecular flexibility index (Phi) is 3.22. The Balaban J connectivity index is 1.92. The lowest BCUT2D eigenvalue weighted by Crippen LogP contribution is -2.18. The summed E-state index contributed by atoms with van der Waals surface area (Å²) < 4.78 is 0. The molecule has 1 aliphatic rings. The zero-order valence-corrected chi connectivity index (χ0v) is 9.02. The summed E-state index contributed by atoms with van der Waals surface area (Å²) in [4.78, 5) is 11.6. The quantitative estimate of drug-likeness (QED) is 0.692. The number of aliphatic hydroxyl groups is 1. The Hall–Kier alpha value is -1.39.